The van der Waals surface area contributed by atoms with Crippen molar-refractivity contribution in [2.45, 2.75) is 71.3 Å². The molecule has 1 N–H and O–H groups in total. The summed E-state index contributed by atoms with van der Waals surface area (Å²) in [5, 5.41) is 16.1. The van der Waals surface area contributed by atoms with E-state index < -0.39 is 6.10 Å². The van der Waals surface area contributed by atoms with Crippen molar-refractivity contribution in [3.63, 3.8) is 0 Å². The monoisotopic (exact) mass is 405 g/mol. The molecule has 0 saturated heterocycles. The molecule has 2 heteroatoms. The minimum atomic E-state index is -0.439. The molecule has 0 amide bonds. The molecule has 3 rings (SSSR count). The fourth-order valence-electron chi connectivity index (χ4n) is 4.40. The maximum absolute atomic E-state index is 11.1. The maximum Gasteiger partial charge on any atom is 0.0917 e. The minimum absolute atomic E-state index is 0.439. The molecule has 0 radical (unpaired) electrons. The van der Waals surface area contributed by atoms with Crippen LogP contribution in [0.3, 0.4) is 0 Å². The smallest absolute Gasteiger partial charge is 0.0917 e. The topological polar surface area (TPSA) is 23.5 Å². The Morgan fingerprint density at radius 3 is 1.97 bits per heavy atom. The number of aliphatic hydroxyl groups excluding tert-OH is 1. The SMILES string of the molecule is CCCCCCN(CCCCCC)C[C@@H](O)c1ccc2ccc3ccccc3c2c1. The van der Waals surface area contributed by atoms with Gasteiger partial charge in [0.05, 0.1) is 6.10 Å². The Morgan fingerprint density at radius 2 is 1.30 bits per heavy atom. The lowest BCUT2D eigenvalue weighted by Gasteiger charge is -2.25. The number of hydrogen-bond donors (Lipinski definition) is 1. The summed E-state index contributed by atoms with van der Waals surface area (Å²) in [7, 11) is 0. The Hall–Kier alpha value is -1.90. The molecule has 3 aromatic rings. The standard InChI is InChI=1S/C28H39NO/c1-3-5-7-11-19-29(20-12-8-6-4-2)22-28(30)25-18-17-24-16-15-23-13-9-10-14-26(23)27(24)21-25/h9-10,13-18,21,28,30H,3-8,11-12,19-20,22H2,1-2H3/t28-/m1/s1. The van der Waals surface area contributed by atoms with Crippen LogP contribution in [0.15, 0.2) is 54.6 Å². The first-order valence-electron chi connectivity index (χ1n) is 12.0. The minimum Gasteiger partial charge on any atom is -0.387 e. The van der Waals surface area contributed by atoms with Gasteiger partial charge in [-0.25, -0.2) is 0 Å². The molecule has 0 bridgehead atoms. The molecule has 0 heterocycles. The molecule has 0 spiro atoms. The van der Waals surface area contributed by atoms with Crippen LogP contribution in [0.2, 0.25) is 0 Å². The molecule has 2 nitrogen and oxygen atoms in total. The van der Waals surface area contributed by atoms with Crippen molar-refractivity contribution >= 4 is 21.5 Å². The zero-order chi connectivity index (χ0) is 21.2. The molecule has 1 atom stereocenters. The molecule has 30 heavy (non-hydrogen) atoms. The average molecular weight is 406 g/mol. The van der Waals surface area contributed by atoms with Crippen LogP contribution in [0.1, 0.15) is 76.9 Å². The van der Waals surface area contributed by atoms with Crippen molar-refractivity contribution < 1.29 is 5.11 Å². The molecule has 0 aromatic heterocycles. The third-order valence-electron chi connectivity index (χ3n) is 6.24. The van der Waals surface area contributed by atoms with Gasteiger partial charge >= 0.3 is 0 Å². The third kappa shape index (κ3) is 6.30. The molecule has 0 aliphatic heterocycles. The summed E-state index contributed by atoms with van der Waals surface area (Å²) in [5.41, 5.74) is 1.03. The highest BCUT2D eigenvalue weighted by molar-refractivity contribution is 6.07. The third-order valence-corrected chi connectivity index (χ3v) is 6.24. The van der Waals surface area contributed by atoms with E-state index in [1.807, 2.05) is 0 Å². The highest BCUT2D eigenvalue weighted by Crippen LogP contribution is 2.28. The van der Waals surface area contributed by atoms with Crippen molar-refractivity contribution in [3.8, 4) is 0 Å². The highest BCUT2D eigenvalue weighted by Gasteiger charge is 2.14. The lowest BCUT2D eigenvalue weighted by atomic mass is 9.98. The lowest BCUT2D eigenvalue weighted by molar-refractivity contribution is 0.110. The Balaban J connectivity index is 1.72. The van der Waals surface area contributed by atoms with E-state index in [0.717, 1.165) is 25.2 Å². The van der Waals surface area contributed by atoms with Gasteiger partial charge in [0.15, 0.2) is 0 Å². The number of fused-ring (bicyclic) bond motifs is 3. The second-order valence-electron chi connectivity index (χ2n) is 8.70. The number of hydrogen-bond acceptors (Lipinski definition) is 2. The Bertz CT molecular complexity index is 891. The number of benzene rings is 3. The Morgan fingerprint density at radius 1 is 0.700 bits per heavy atom. The van der Waals surface area contributed by atoms with Crippen molar-refractivity contribution in [1.29, 1.82) is 0 Å². The van der Waals surface area contributed by atoms with Gasteiger partial charge in [-0.15, -0.1) is 0 Å². The van der Waals surface area contributed by atoms with Crippen LogP contribution in [0, 0.1) is 0 Å². The van der Waals surface area contributed by atoms with Crippen LogP contribution < -0.4 is 0 Å². The molecule has 3 aromatic carbocycles. The Labute approximate surface area is 182 Å². The van der Waals surface area contributed by atoms with E-state index in [1.165, 1.54) is 72.9 Å². The van der Waals surface area contributed by atoms with Crippen LogP contribution in [-0.4, -0.2) is 29.6 Å². The van der Waals surface area contributed by atoms with Crippen LogP contribution in [0.4, 0.5) is 0 Å². The van der Waals surface area contributed by atoms with Crippen LogP contribution in [-0.2, 0) is 0 Å². The van der Waals surface area contributed by atoms with Crippen molar-refractivity contribution in [2.75, 3.05) is 19.6 Å². The van der Waals surface area contributed by atoms with E-state index in [2.05, 4.69) is 73.3 Å². The predicted octanol–water partition coefficient (Wildman–Crippen LogP) is 7.49. The molecule has 0 aliphatic carbocycles. The van der Waals surface area contributed by atoms with Gasteiger partial charge in [-0.1, -0.05) is 101 Å². The van der Waals surface area contributed by atoms with E-state index in [9.17, 15) is 5.11 Å². The quantitative estimate of drug-likeness (QED) is 0.235. The average Bonchev–Trinajstić information content (AvgIpc) is 2.78. The number of unbranched alkanes of at least 4 members (excludes halogenated alkanes) is 6. The summed E-state index contributed by atoms with van der Waals surface area (Å²) in [6, 6.07) is 19.4. The van der Waals surface area contributed by atoms with Gasteiger partial charge in [-0.05, 0) is 59.1 Å². The van der Waals surface area contributed by atoms with E-state index in [4.69, 9.17) is 0 Å². The van der Waals surface area contributed by atoms with Crippen molar-refractivity contribution in [3.05, 3.63) is 60.2 Å². The van der Waals surface area contributed by atoms with Crippen molar-refractivity contribution in [1.82, 2.24) is 4.90 Å². The van der Waals surface area contributed by atoms with Crippen LogP contribution >= 0.6 is 0 Å². The van der Waals surface area contributed by atoms with Crippen molar-refractivity contribution in [2.24, 2.45) is 0 Å². The van der Waals surface area contributed by atoms with Gasteiger partial charge in [-0.3, -0.25) is 0 Å². The van der Waals surface area contributed by atoms with E-state index in [-0.39, 0.29) is 0 Å². The zero-order valence-corrected chi connectivity index (χ0v) is 18.9. The van der Waals surface area contributed by atoms with Gasteiger partial charge in [-0.2, -0.15) is 0 Å². The molecule has 0 fully saturated rings. The van der Waals surface area contributed by atoms with Crippen LogP contribution in [0.25, 0.3) is 21.5 Å². The molecule has 0 unspecified atom stereocenters. The predicted molar refractivity (Wildman–Crippen MR) is 131 cm³/mol. The first-order chi connectivity index (χ1) is 14.7. The second-order valence-corrected chi connectivity index (χ2v) is 8.70. The van der Waals surface area contributed by atoms with Gasteiger partial charge in [0.1, 0.15) is 0 Å². The molecule has 0 aliphatic rings. The van der Waals surface area contributed by atoms with Gasteiger partial charge in [0, 0.05) is 6.54 Å². The molecular formula is C28H39NO. The lowest BCUT2D eigenvalue weighted by Crippen LogP contribution is -2.31. The summed E-state index contributed by atoms with van der Waals surface area (Å²) in [6.45, 7) is 7.44. The van der Waals surface area contributed by atoms with E-state index in [0.29, 0.717) is 0 Å². The fourth-order valence-corrected chi connectivity index (χ4v) is 4.40. The summed E-state index contributed by atoms with van der Waals surface area (Å²) < 4.78 is 0. The zero-order valence-electron chi connectivity index (χ0n) is 18.9. The second kappa shape index (κ2) is 12.1. The highest BCUT2D eigenvalue weighted by atomic mass is 16.3. The summed E-state index contributed by atoms with van der Waals surface area (Å²) in [6.07, 6.45) is 9.76. The number of rotatable bonds is 13. The van der Waals surface area contributed by atoms with E-state index in [1.54, 1.807) is 0 Å². The Kier molecular flexibility index (Phi) is 9.17. The largest absolute Gasteiger partial charge is 0.387 e. The van der Waals surface area contributed by atoms with E-state index >= 15 is 0 Å². The first kappa shape index (κ1) is 22.8. The normalized spacial score (nSPS) is 12.8. The summed E-state index contributed by atoms with van der Waals surface area (Å²) in [5.74, 6) is 0. The molecule has 0 saturated carbocycles. The van der Waals surface area contributed by atoms with Gasteiger partial charge < -0.3 is 10.0 Å². The van der Waals surface area contributed by atoms with Gasteiger partial charge in [0.25, 0.3) is 0 Å². The maximum atomic E-state index is 11.1. The number of aliphatic hydroxyl groups is 1. The first-order valence-corrected chi connectivity index (χ1v) is 12.0. The van der Waals surface area contributed by atoms with Crippen LogP contribution in [0.5, 0.6) is 0 Å². The number of nitrogens with zero attached hydrogens (tertiary/aromatic N) is 1. The molecule has 162 valence electrons. The molecular weight excluding hydrogens is 366 g/mol. The summed E-state index contributed by atoms with van der Waals surface area (Å²) >= 11 is 0. The van der Waals surface area contributed by atoms with Gasteiger partial charge in [0.2, 0.25) is 0 Å². The fraction of sp³-hybridized carbons (Fsp3) is 0.500. The summed E-state index contributed by atoms with van der Waals surface area (Å²) in [4.78, 5) is 2.49.